The van der Waals surface area contributed by atoms with Crippen LogP contribution in [0.2, 0.25) is 5.02 Å². The van der Waals surface area contributed by atoms with E-state index in [0.717, 1.165) is 12.8 Å². The molecule has 0 unspecified atom stereocenters. The second-order valence-electron chi connectivity index (χ2n) is 4.36. The van der Waals surface area contributed by atoms with Crippen LogP contribution in [0.1, 0.15) is 12.8 Å². The van der Waals surface area contributed by atoms with Crippen molar-refractivity contribution in [2.75, 3.05) is 12.4 Å². The number of hydrogen-bond acceptors (Lipinski definition) is 4. The fourth-order valence-corrected chi connectivity index (χ4v) is 2.60. The van der Waals surface area contributed by atoms with Gasteiger partial charge in [-0.15, -0.1) is 0 Å². The number of primary sulfonamides is 1. The number of sulfonamides is 1. The summed E-state index contributed by atoms with van der Waals surface area (Å²) in [6.45, 7) is 0. The molecule has 1 aliphatic rings. The highest BCUT2D eigenvalue weighted by molar-refractivity contribution is 7.89. The monoisotopic (exact) mass is 290 g/mol. The quantitative estimate of drug-likeness (QED) is 0.882. The van der Waals surface area contributed by atoms with E-state index in [9.17, 15) is 8.42 Å². The summed E-state index contributed by atoms with van der Waals surface area (Å²) in [5.74, 6) is 0. The van der Waals surface area contributed by atoms with Crippen molar-refractivity contribution in [3.63, 3.8) is 0 Å². The minimum atomic E-state index is -3.71. The first-order valence-electron chi connectivity index (χ1n) is 5.52. The number of rotatable bonds is 4. The molecule has 0 saturated heterocycles. The molecule has 100 valence electrons. The van der Waals surface area contributed by atoms with Crippen LogP contribution in [-0.4, -0.2) is 27.7 Å². The Kier molecular flexibility index (Phi) is 3.82. The Bertz CT molecular complexity index is 541. The molecule has 0 aliphatic heterocycles. The SMILES string of the molecule is COC1CC(Nc2cc(S(N)(=O)=O)ccc2Cl)C1. The van der Waals surface area contributed by atoms with Crippen molar-refractivity contribution in [2.24, 2.45) is 5.14 Å². The number of nitrogens with two attached hydrogens (primary N) is 1. The fourth-order valence-electron chi connectivity index (χ4n) is 1.89. The van der Waals surface area contributed by atoms with Crippen molar-refractivity contribution in [1.29, 1.82) is 0 Å². The number of nitrogens with one attached hydrogen (secondary N) is 1. The molecule has 7 heteroatoms. The van der Waals surface area contributed by atoms with Crippen LogP contribution in [0.4, 0.5) is 5.69 Å². The molecule has 0 radical (unpaired) electrons. The normalized spacial score (nSPS) is 23.5. The standard InChI is InChI=1S/C11H15ClN2O3S/c1-17-8-4-7(5-8)14-11-6-9(18(13,15)16)2-3-10(11)12/h2-3,6-8,14H,4-5H2,1H3,(H2,13,15,16). The van der Waals surface area contributed by atoms with E-state index >= 15 is 0 Å². The van der Waals surface area contributed by atoms with Crippen LogP contribution in [0.15, 0.2) is 23.1 Å². The highest BCUT2D eigenvalue weighted by atomic mass is 35.5. The molecular weight excluding hydrogens is 276 g/mol. The minimum Gasteiger partial charge on any atom is -0.381 e. The first-order valence-corrected chi connectivity index (χ1v) is 7.44. The number of anilines is 1. The van der Waals surface area contributed by atoms with Crippen molar-refractivity contribution >= 4 is 27.3 Å². The molecule has 0 atom stereocenters. The summed E-state index contributed by atoms with van der Waals surface area (Å²) in [6, 6.07) is 4.62. The third-order valence-corrected chi connectivity index (χ3v) is 4.29. The molecule has 2 rings (SSSR count). The van der Waals surface area contributed by atoms with Crippen LogP contribution in [0.25, 0.3) is 0 Å². The fraction of sp³-hybridized carbons (Fsp3) is 0.455. The summed E-state index contributed by atoms with van der Waals surface area (Å²) in [4.78, 5) is 0.0528. The molecule has 5 nitrogen and oxygen atoms in total. The molecule has 18 heavy (non-hydrogen) atoms. The second-order valence-corrected chi connectivity index (χ2v) is 6.33. The van der Waals surface area contributed by atoms with Gasteiger partial charge in [-0.2, -0.15) is 0 Å². The zero-order valence-corrected chi connectivity index (χ0v) is 11.5. The summed E-state index contributed by atoms with van der Waals surface area (Å²) in [7, 11) is -2.03. The van der Waals surface area contributed by atoms with Crippen molar-refractivity contribution in [1.82, 2.24) is 0 Å². The van der Waals surface area contributed by atoms with Gasteiger partial charge in [-0.25, -0.2) is 13.6 Å². The summed E-state index contributed by atoms with van der Waals surface area (Å²) in [5.41, 5.74) is 0.586. The van der Waals surface area contributed by atoms with Gasteiger partial charge in [0.1, 0.15) is 0 Å². The molecule has 1 fully saturated rings. The first kappa shape index (κ1) is 13.6. The molecule has 1 saturated carbocycles. The van der Waals surface area contributed by atoms with E-state index in [0.29, 0.717) is 10.7 Å². The van der Waals surface area contributed by atoms with Gasteiger partial charge in [0.05, 0.1) is 21.7 Å². The van der Waals surface area contributed by atoms with E-state index in [2.05, 4.69) is 5.32 Å². The van der Waals surface area contributed by atoms with Gasteiger partial charge in [0, 0.05) is 13.2 Å². The van der Waals surface area contributed by atoms with E-state index in [1.165, 1.54) is 18.2 Å². The Morgan fingerprint density at radius 1 is 1.44 bits per heavy atom. The Morgan fingerprint density at radius 3 is 2.67 bits per heavy atom. The van der Waals surface area contributed by atoms with Gasteiger partial charge in [0.2, 0.25) is 10.0 Å². The Hall–Kier alpha value is -0.820. The molecule has 0 heterocycles. The lowest BCUT2D eigenvalue weighted by atomic mass is 9.89. The summed E-state index contributed by atoms with van der Waals surface area (Å²) in [6.07, 6.45) is 2.03. The Morgan fingerprint density at radius 2 is 2.11 bits per heavy atom. The Balaban J connectivity index is 2.13. The van der Waals surface area contributed by atoms with E-state index in [-0.39, 0.29) is 17.0 Å². The van der Waals surface area contributed by atoms with Gasteiger partial charge in [-0.05, 0) is 31.0 Å². The van der Waals surface area contributed by atoms with Gasteiger partial charge in [-0.1, -0.05) is 11.6 Å². The lowest BCUT2D eigenvalue weighted by Crippen LogP contribution is -2.40. The van der Waals surface area contributed by atoms with Crippen LogP contribution in [0, 0.1) is 0 Å². The molecule has 0 spiro atoms. The third kappa shape index (κ3) is 2.95. The average molecular weight is 291 g/mol. The molecule has 3 N–H and O–H groups in total. The summed E-state index contributed by atoms with van der Waals surface area (Å²) < 4.78 is 27.7. The molecule has 1 aliphatic carbocycles. The number of halogens is 1. The zero-order chi connectivity index (χ0) is 13.3. The topological polar surface area (TPSA) is 81.4 Å². The number of hydrogen-bond donors (Lipinski definition) is 2. The number of methoxy groups -OCH3 is 1. The summed E-state index contributed by atoms with van der Waals surface area (Å²) >= 11 is 6.01. The van der Waals surface area contributed by atoms with Gasteiger partial charge in [0.25, 0.3) is 0 Å². The molecule has 0 bridgehead atoms. The molecule has 0 aromatic heterocycles. The van der Waals surface area contributed by atoms with Crippen LogP contribution in [0.5, 0.6) is 0 Å². The predicted molar refractivity (Wildman–Crippen MR) is 70.3 cm³/mol. The zero-order valence-electron chi connectivity index (χ0n) is 9.89. The van der Waals surface area contributed by atoms with Crippen LogP contribution in [-0.2, 0) is 14.8 Å². The van der Waals surface area contributed by atoms with Crippen LogP contribution >= 0.6 is 11.6 Å². The molecule has 1 aromatic rings. The predicted octanol–water partition coefficient (Wildman–Crippen LogP) is 1.58. The van der Waals surface area contributed by atoms with Crippen molar-refractivity contribution in [2.45, 2.75) is 29.9 Å². The summed E-state index contributed by atoms with van der Waals surface area (Å²) in [5, 5.41) is 8.74. The van der Waals surface area contributed by atoms with Crippen LogP contribution < -0.4 is 10.5 Å². The highest BCUT2D eigenvalue weighted by Gasteiger charge is 2.29. The van der Waals surface area contributed by atoms with Gasteiger partial charge in [0.15, 0.2) is 0 Å². The van der Waals surface area contributed by atoms with E-state index in [4.69, 9.17) is 21.5 Å². The highest BCUT2D eigenvalue weighted by Crippen LogP contribution is 2.31. The third-order valence-electron chi connectivity index (χ3n) is 3.05. The van der Waals surface area contributed by atoms with Crippen molar-refractivity contribution in [3.8, 4) is 0 Å². The minimum absolute atomic E-state index is 0.0528. The lowest BCUT2D eigenvalue weighted by Gasteiger charge is -2.35. The van der Waals surface area contributed by atoms with Crippen molar-refractivity contribution < 1.29 is 13.2 Å². The largest absolute Gasteiger partial charge is 0.381 e. The van der Waals surface area contributed by atoms with Gasteiger partial charge in [-0.3, -0.25) is 0 Å². The molecular formula is C11H15ClN2O3S. The van der Waals surface area contributed by atoms with Crippen LogP contribution in [0.3, 0.4) is 0 Å². The number of benzene rings is 1. The maximum absolute atomic E-state index is 11.3. The lowest BCUT2D eigenvalue weighted by molar-refractivity contribution is 0.0329. The van der Waals surface area contributed by atoms with E-state index in [1.54, 1.807) is 7.11 Å². The second kappa shape index (κ2) is 5.05. The van der Waals surface area contributed by atoms with E-state index < -0.39 is 10.0 Å². The van der Waals surface area contributed by atoms with Crippen molar-refractivity contribution in [3.05, 3.63) is 23.2 Å². The molecule has 0 amide bonds. The maximum Gasteiger partial charge on any atom is 0.238 e. The maximum atomic E-state index is 11.3. The number of ether oxygens (including phenoxy) is 1. The van der Waals surface area contributed by atoms with Gasteiger partial charge < -0.3 is 10.1 Å². The van der Waals surface area contributed by atoms with E-state index in [1.807, 2.05) is 0 Å². The molecule has 1 aromatic carbocycles. The Labute approximate surface area is 111 Å². The smallest absolute Gasteiger partial charge is 0.238 e. The first-order chi connectivity index (χ1) is 8.40. The average Bonchev–Trinajstić information content (AvgIpc) is 2.23. The van der Waals surface area contributed by atoms with Gasteiger partial charge >= 0.3 is 0 Å².